The van der Waals surface area contributed by atoms with Gasteiger partial charge in [0.1, 0.15) is 24.0 Å². The number of hydrogen-bond donors (Lipinski definition) is 2. The average molecular weight is 278 g/mol. The molecule has 2 rings (SSSR count). The van der Waals surface area contributed by atoms with Gasteiger partial charge in [0.05, 0.1) is 5.56 Å². The Kier molecular flexibility index (Phi) is 4.16. The molecule has 0 bridgehead atoms. The monoisotopic (exact) mass is 278 g/mol. The molecule has 3 nitrogen and oxygen atoms in total. The minimum Gasteiger partial charge on any atom is -0.487 e. The number of rotatable bonds is 5. The SMILES string of the molecule is CCc1ccc(COc2cccc(F)c2C(=N)N)s1. The Morgan fingerprint density at radius 1 is 1.32 bits per heavy atom. The number of nitrogens with two attached hydrogens (primary N) is 1. The summed E-state index contributed by atoms with van der Waals surface area (Å²) >= 11 is 1.67. The molecule has 0 atom stereocenters. The first-order valence-corrected chi connectivity index (χ1v) is 6.76. The summed E-state index contributed by atoms with van der Waals surface area (Å²) < 4.78 is 19.2. The number of halogens is 1. The number of thiophene rings is 1. The summed E-state index contributed by atoms with van der Waals surface area (Å²) in [6.45, 7) is 2.45. The Morgan fingerprint density at radius 3 is 2.68 bits per heavy atom. The fourth-order valence-corrected chi connectivity index (χ4v) is 2.60. The molecular formula is C14H15FN2OS. The van der Waals surface area contributed by atoms with Crippen LogP contribution in [0.4, 0.5) is 4.39 Å². The molecule has 19 heavy (non-hydrogen) atoms. The van der Waals surface area contributed by atoms with Crippen molar-refractivity contribution in [1.29, 1.82) is 5.41 Å². The lowest BCUT2D eigenvalue weighted by atomic mass is 10.1. The molecule has 0 saturated heterocycles. The third kappa shape index (κ3) is 3.12. The third-order valence-electron chi connectivity index (χ3n) is 2.68. The number of benzene rings is 1. The maximum atomic E-state index is 13.6. The van der Waals surface area contributed by atoms with E-state index in [0.717, 1.165) is 11.3 Å². The molecule has 0 aliphatic rings. The van der Waals surface area contributed by atoms with Crippen LogP contribution in [0.2, 0.25) is 0 Å². The van der Waals surface area contributed by atoms with Gasteiger partial charge in [0.2, 0.25) is 0 Å². The van der Waals surface area contributed by atoms with Gasteiger partial charge in [0, 0.05) is 9.75 Å². The van der Waals surface area contributed by atoms with E-state index in [1.807, 2.05) is 6.07 Å². The highest BCUT2D eigenvalue weighted by Crippen LogP contribution is 2.24. The first-order chi connectivity index (χ1) is 9.11. The second-order valence-corrected chi connectivity index (χ2v) is 5.29. The second-order valence-electron chi connectivity index (χ2n) is 4.04. The van der Waals surface area contributed by atoms with Crippen molar-refractivity contribution >= 4 is 17.2 Å². The quantitative estimate of drug-likeness (QED) is 0.651. The van der Waals surface area contributed by atoms with Gasteiger partial charge in [-0.2, -0.15) is 0 Å². The van der Waals surface area contributed by atoms with Gasteiger partial charge in [-0.15, -0.1) is 11.3 Å². The van der Waals surface area contributed by atoms with E-state index in [0.29, 0.717) is 12.4 Å². The number of nitrogens with one attached hydrogen (secondary N) is 1. The Morgan fingerprint density at radius 2 is 2.05 bits per heavy atom. The normalized spacial score (nSPS) is 10.4. The van der Waals surface area contributed by atoms with E-state index in [1.54, 1.807) is 23.5 Å². The molecule has 1 aromatic heterocycles. The standard InChI is InChI=1S/C14H15FN2OS/c1-2-9-6-7-10(19-9)8-18-12-5-3-4-11(15)13(12)14(16)17/h3-7H,2,8H2,1H3,(H3,16,17). The van der Waals surface area contributed by atoms with E-state index in [1.165, 1.54) is 10.9 Å². The summed E-state index contributed by atoms with van der Waals surface area (Å²) in [6, 6.07) is 8.48. The van der Waals surface area contributed by atoms with Crippen molar-refractivity contribution in [3.05, 3.63) is 51.5 Å². The van der Waals surface area contributed by atoms with Gasteiger partial charge in [0.15, 0.2) is 0 Å². The van der Waals surface area contributed by atoms with Crippen LogP contribution in [0.15, 0.2) is 30.3 Å². The minimum absolute atomic E-state index is 0.0229. The van der Waals surface area contributed by atoms with Gasteiger partial charge < -0.3 is 10.5 Å². The number of amidine groups is 1. The van der Waals surface area contributed by atoms with E-state index in [9.17, 15) is 4.39 Å². The average Bonchev–Trinajstić information content (AvgIpc) is 2.83. The van der Waals surface area contributed by atoms with Crippen molar-refractivity contribution in [2.45, 2.75) is 20.0 Å². The molecule has 100 valence electrons. The molecule has 0 amide bonds. The van der Waals surface area contributed by atoms with Crippen molar-refractivity contribution in [2.75, 3.05) is 0 Å². The van der Waals surface area contributed by atoms with Crippen molar-refractivity contribution in [1.82, 2.24) is 0 Å². The lowest BCUT2D eigenvalue weighted by molar-refractivity contribution is 0.307. The topological polar surface area (TPSA) is 59.1 Å². The molecule has 0 unspecified atom stereocenters. The van der Waals surface area contributed by atoms with E-state index in [2.05, 4.69) is 13.0 Å². The summed E-state index contributed by atoms with van der Waals surface area (Å²) in [5.41, 5.74) is 5.40. The Labute approximate surface area is 115 Å². The molecule has 0 aliphatic carbocycles. The Bertz CT molecular complexity index is 595. The van der Waals surface area contributed by atoms with Crippen LogP contribution in [0.25, 0.3) is 0 Å². The molecule has 3 N–H and O–H groups in total. The molecular weight excluding hydrogens is 263 g/mol. The molecule has 1 aromatic carbocycles. The molecule has 0 radical (unpaired) electrons. The summed E-state index contributed by atoms with van der Waals surface area (Å²) in [4.78, 5) is 2.35. The zero-order chi connectivity index (χ0) is 13.8. The maximum Gasteiger partial charge on any atom is 0.137 e. The van der Waals surface area contributed by atoms with Crippen LogP contribution in [0.5, 0.6) is 5.75 Å². The van der Waals surface area contributed by atoms with Crippen LogP contribution in [0.1, 0.15) is 22.2 Å². The highest BCUT2D eigenvalue weighted by atomic mass is 32.1. The lowest BCUT2D eigenvalue weighted by Gasteiger charge is -2.10. The molecule has 1 heterocycles. The van der Waals surface area contributed by atoms with Crippen LogP contribution in [-0.2, 0) is 13.0 Å². The predicted octanol–water partition coefficient (Wildman–Crippen LogP) is 3.31. The van der Waals surface area contributed by atoms with Crippen molar-refractivity contribution in [3.63, 3.8) is 0 Å². The van der Waals surface area contributed by atoms with Crippen LogP contribution < -0.4 is 10.5 Å². The second kappa shape index (κ2) is 5.84. The van der Waals surface area contributed by atoms with Crippen molar-refractivity contribution < 1.29 is 9.13 Å². The van der Waals surface area contributed by atoms with Crippen LogP contribution in [0, 0.1) is 11.2 Å². The van der Waals surface area contributed by atoms with E-state index >= 15 is 0 Å². The third-order valence-corrected chi connectivity index (χ3v) is 3.88. The zero-order valence-corrected chi connectivity index (χ0v) is 11.4. The summed E-state index contributed by atoms with van der Waals surface area (Å²) in [7, 11) is 0. The van der Waals surface area contributed by atoms with Crippen LogP contribution >= 0.6 is 11.3 Å². The molecule has 2 aromatic rings. The fourth-order valence-electron chi connectivity index (χ4n) is 1.72. The predicted molar refractivity (Wildman–Crippen MR) is 75.4 cm³/mol. The van der Waals surface area contributed by atoms with Crippen LogP contribution in [-0.4, -0.2) is 5.84 Å². The van der Waals surface area contributed by atoms with Gasteiger partial charge in [-0.05, 0) is 30.7 Å². The van der Waals surface area contributed by atoms with Gasteiger partial charge in [-0.1, -0.05) is 13.0 Å². The largest absolute Gasteiger partial charge is 0.487 e. The van der Waals surface area contributed by atoms with Crippen molar-refractivity contribution in [2.24, 2.45) is 5.73 Å². The highest BCUT2D eigenvalue weighted by Gasteiger charge is 2.12. The van der Waals surface area contributed by atoms with E-state index < -0.39 is 5.82 Å². The van der Waals surface area contributed by atoms with Gasteiger partial charge >= 0.3 is 0 Å². The first-order valence-electron chi connectivity index (χ1n) is 5.95. The lowest BCUT2D eigenvalue weighted by Crippen LogP contribution is -2.15. The smallest absolute Gasteiger partial charge is 0.137 e. The first kappa shape index (κ1) is 13.5. The van der Waals surface area contributed by atoms with Gasteiger partial charge in [-0.25, -0.2) is 4.39 Å². The molecule has 0 spiro atoms. The van der Waals surface area contributed by atoms with Crippen LogP contribution in [0.3, 0.4) is 0 Å². The van der Waals surface area contributed by atoms with E-state index in [-0.39, 0.29) is 11.4 Å². The summed E-state index contributed by atoms with van der Waals surface area (Å²) in [5.74, 6) is -0.557. The summed E-state index contributed by atoms with van der Waals surface area (Å²) in [5, 5.41) is 7.39. The molecule has 5 heteroatoms. The zero-order valence-electron chi connectivity index (χ0n) is 10.6. The maximum absolute atomic E-state index is 13.6. The number of hydrogen-bond acceptors (Lipinski definition) is 3. The number of nitrogen functional groups attached to an aromatic ring is 1. The molecule has 0 aliphatic heterocycles. The highest BCUT2D eigenvalue weighted by molar-refractivity contribution is 7.11. The summed E-state index contributed by atoms with van der Waals surface area (Å²) in [6.07, 6.45) is 0.989. The Balaban J connectivity index is 2.15. The van der Waals surface area contributed by atoms with Gasteiger partial charge in [0.25, 0.3) is 0 Å². The minimum atomic E-state index is -0.537. The van der Waals surface area contributed by atoms with Crippen molar-refractivity contribution in [3.8, 4) is 5.75 Å². The molecule has 0 fully saturated rings. The number of ether oxygens (including phenoxy) is 1. The Hall–Kier alpha value is -1.88. The molecule has 0 saturated carbocycles. The fraction of sp³-hybridized carbons (Fsp3) is 0.214. The van der Waals surface area contributed by atoms with E-state index in [4.69, 9.17) is 15.9 Å². The van der Waals surface area contributed by atoms with Gasteiger partial charge in [-0.3, -0.25) is 5.41 Å². The number of aryl methyl sites for hydroxylation is 1.